The van der Waals surface area contributed by atoms with Crippen molar-refractivity contribution < 1.29 is 9.53 Å². The van der Waals surface area contributed by atoms with E-state index in [4.69, 9.17) is 52.8 Å². The van der Waals surface area contributed by atoms with Crippen molar-refractivity contribution in [2.24, 2.45) is 0 Å². The van der Waals surface area contributed by atoms with Gasteiger partial charge in [-0.2, -0.15) is 0 Å². The second kappa shape index (κ2) is 6.29. The summed E-state index contributed by atoms with van der Waals surface area (Å²) in [6.45, 7) is 0. The molecule has 1 aromatic rings. The van der Waals surface area contributed by atoms with E-state index in [2.05, 4.69) is 15.4 Å². The summed E-state index contributed by atoms with van der Waals surface area (Å²) in [5.41, 5.74) is 6.11. The maximum atomic E-state index is 10.9. The van der Waals surface area contributed by atoms with E-state index in [1.54, 1.807) is 0 Å². The molecule has 18 heavy (non-hydrogen) atoms. The zero-order valence-electron chi connectivity index (χ0n) is 9.01. The average molecular weight is 329 g/mol. The maximum Gasteiger partial charge on any atom is 0.413 e. The number of anilines is 2. The minimum Gasteiger partial charge on any atom is -0.453 e. The molecule has 0 bridgehead atoms. The summed E-state index contributed by atoms with van der Waals surface area (Å²) < 4.78 is 4.37. The van der Waals surface area contributed by atoms with Crippen LogP contribution in [0.3, 0.4) is 0 Å². The number of ether oxygens (including phenoxy) is 1. The molecule has 0 saturated carbocycles. The zero-order valence-corrected chi connectivity index (χ0v) is 12.1. The van der Waals surface area contributed by atoms with Crippen LogP contribution >= 0.6 is 47.0 Å². The van der Waals surface area contributed by atoms with Crippen molar-refractivity contribution in [3.05, 3.63) is 21.1 Å². The van der Waals surface area contributed by atoms with Crippen molar-refractivity contribution in [3.63, 3.8) is 0 Å². The van der Waals surface area contributed by atoms with Gasteiger partial charge in [0.25, 0.3) is 0 Å². The smallest absolute Gasteiger partial charge is 0.413 e. The highest BCUT2D eigenvalue weighted by Gasteiger charge is 2.15. The molecule has 0 unspecified atom stereocenters. The lowest BCUT2D eigenvalue weighted by Crippen LogP contribution is -2.34. The van der Waals surface area contributed by atoms with Gasteiger partial charge in [0.2, 0.25) is 0 Å². The average Bonchev–Trinajstić information content (AvgIpc) is 2.32. The Morgan fingerprint density at radius 3 is 2.56 bits per heavy atom. The SMILES string of the molecule is COC(=O)NC(=S)Nc1c(N)c(Cl)cc(Cl)c1Cl. The molecule has 0 atom stereocenters. The number of alkyl carbamates (subject to hydrolysis) is 1. The minimum absolute atomic E-state index is 0.0474. The number of nitrogen functional groups attached to an aromatic ring is 1. The Kier molecular flexibility index (Phi) is 5.28. The van der Waals surface area contributed by atoms with E-state index >= 15 is 0 Å². The number of hydrogen-bond acceptors (Lipinski definition) is 4. The van der Waals surface area contributed by atoms with Crippen molar-refractivity contribution in [2.45, 2.75) is 0 Å². The van der Waals surface area contributed by atoms with E-state index in [9.17, 15) is 4.79 Å². The highest BCUT2D eigenvalue weighted by atomic mass is 35.5. The topological polar surface area (TPSA) is 76.4 Å². The van der Waals surface area contributed by atoms with Crippen LogP contribution in [0.4, 0.5) is 16.2 Å². The molecule has 9 heteroatoms. The lowest BCUT2D eigenvalue weighted by atomic mass is 10.2. The maximum absolute atomic E-state index is 10.9. The van der Waals surface area contributed by atoms with Gasteiger partial charge in [-0.25, -0.2) is 4.79 Å². The first-order chi connectivity index (χ1) is 8.36. The number of halogens is 3. The molecule has 0 saturated heterocycles. The molecule has 98 valence electrons. The fourth-order valence-electron chi connectivity index (χ4n) is 1.02. The third-order valence-electron chi connectivity index (χ3n) is 1.85. The van der Waals surface area contributed by atoms with Crippen LogP contribution in [0.1, 0.15) is 0 Å². The van der Waals surface area contributed by atoms with E-state index in [0.717, 1.165) is 0 Å². The van der Waals surface area contributed by atoms with Gasteiger partial charge < -0.3 is 15.8 Å². The molecule has 1 rings (SSSR count). The van der Waals surface area contributed by atoms with Crippen LogP contribution in [0.25, 0.3) is 0 Å². The minimum atomic E-state index is -0.727. The fraction of sp³-hybridized carbons (Fsp3) is 0.111. The standard InChI is InChI=1S/C9H8Cl3N3O2S/c1-17-9(16)15-8(18)14-7-5(12)3(10)2-4(11)6(7)13/h2H,13H2,1H3,(H2,14,15,16,18). The number of nitrogens with one attached hydrogen (secondary N) is 2. The Labute approximate surface area is 124 Å². The largest absolute Gasteiger partial charge is 0.453 e. The number of thiocarbonyl (C=S) groups is 1. The van der Waals surface area contributed by atoms with E-state index < -0.39 is 6.09 Å². The van der Waals surface area contributed by atoms with Crippen LogP contribution in [0.2, 0.25) is 15.1 Å². The van der Waals surface area contributed by atoms with Crippen LogP contribution in [0.15, 0.2) is 6.07 Å². The molecule has 5 nitrogen and oxygen atoms in total. The van der Waals surface area contributed by atoms with Crippen molar-refractivity contribution in [2.75, 3.05) is 18.2 Å². The van der Waals surface area contributed by atoms with Gasteiger partial charge in [0, 0.05) is 0 Å². The Bertz CT molecular complexity index is 484. The molecule has 1 amide bonds. The summed E-state index contributed by atoms with van der Waals surface area (Å²) >= 11 is 22.5. The van der Waals surface area contributed by atoms with Crippen LogP contribution < -0.4 is 16.4 Å². The number of rotatable bonds is 1. The number of benzene rings is 1. The lowest BCUT2D eigenvalue weighted by molar-refractivity contribution is 0.177. The predicted octanol–water partition coefficient (Wildman–Crippen LogP) is 3.28. The van der Waals surface area contributed by atoms with Crippen molar-refractivity contribution >= 4 is 69.6 Å². The van der Waals surface area contributed by atoms with Crippen molar-refractivity contribution in [1.82, 2.24) is 5.32 Å². The first-order valence-electron chi connectivity index (χ1n) is 4.45. The van der Waals surface area contributed by atoms with Crippen LogP contribution in [-0.2, 0) is 4.74 Å². The first kappa shape index (κ1) is 15.1. The lowest BCUT2D eigenvalue weighted by Gasteiger charge is -2.14. The molecular weight excluding hydrogens is 321 g/mol. The van der Waals surface area contributed by atoms with Crippen LogP contribution in [-0.4, -0.2) is 18.3 Å². The molecule has 0 aliphatic carbocycles. The summed E-state index contributed by atoms with van der Waals surface area (Å²) in [5.74, 6) is 0. The van der Waals surface area contributed by atoms with Gasteiger partial charge in [0.15, 0.2) is 5.11 Å². The summed E-state index contributed by atoms with van der Waals surface area (Å²) in [4.78, 5) is 10.9. The number of carbonyl (C=O) groups is 1. The van der Waals surface area contributed by atoms with Gasteiger partial charge in [-0.1, -0.05) is 34.8 Å². The molecule has 0 aliphatic rings. The Morgan fingerprint density at radius 2 is 2.00 bits per heavy atom. The van der Waals surface area contributed by atoms with Gasteiger partial charge in [-0.3, -0.25) is 5.32 Å². The quantitative estimate of drug-likeness (QED) is 0.419. The second-order valence-corrected chi connectivity index (χ2v) is 4.61. The molecule has 0 spiro atoms. The molecule has 4 N–H and O–H groups in total. The molecule has 0 heterocycles. The molecule has 0 aromatic heterocycles. The number of amides is 1. The molecule has 0 aliphatic heterocycles. The Morgan fingerprint density at radius 1 is 1.39 bits per heavy atom. The van der Waals surface area contributed by atoms with E-state index in [1.165, 1.54) is 13.2 Å². The van der Waals surface area contributed by atoms with Gasteiger partial charge in [-0.15, -0.1) is 0 Å². The summed E-state index contributed by atoms with van der Waals surface area (Å²) in [6, 6.07) is 1.41. The number of methoxy groups -OCH3 is 1. The summed E-state index contributed by atoms with van der Waals surface area (Å²) in [5, 5.41) is 5.37. The van der Waals surface area contributed by atoms with E-state index in [0.29, 0.717) is 0 Å². The predicted molar refractivity (Wildman–Crippen MR) is 77.6 cm³/mol. The van der Waals surface area contributed by atoms with Crippen molar-refractivity contribution in [3.8, 4) is 0 Å². The van der Waals surface area contributed by atoms with Gasteiger partial charge >= 0.3 is 6.09 Å². The third-order valence-corrected chi connectivity index (χ3v) is 3.15. The highest BCUT2D eigenvalue weighted by molar-refractivity contribution is 7.80. The Balaban J connectivity index is 2.97. The van der Waals surface area contributed by atoms with Crippen LogP contribution in [0.5, 0.6) is 0 Å². The highest BCUT2D eigenvalue weighted by Crippen LogP contribution is 2.39. The van der Waals surface area contributed by atoms with Gasteiger partial charge in [0.1, 0.15) is 0 Å². The Hall–Kier alpha value is -0.950. The molecule has 1 aromatic carbocycles. The van der Waals surface area contributed by atoms with Gasteiger partial charge in [0.05, 0.1) is 33.6 Å². The second-order valence-electron chi connectivity index (χ2n) is 3.01. The number of carbonyl (C=O) groups excluding carboxylic acids is 1. The number of nitrogens with two attached hydrogens (primary N) is 1. The summed E-state index contributed by atoms with van der Waals surface area (Å²) in [6.07, 6.45) is -0.727. The number of hydrogen-bond donors (Lipinski definition) is 3. The molecule has 0 fully saturated rings. The zero-order chi connectivity index (χ0) is 13.9. The molecule has 0 radical (unpaired) electrons. The third kappa shape index (κ3) is 3.52. The van der Waals surface area contributed by atoms with Crippen LogP contribution in [0, 0.1) is 0 Å². The molecular formula is C9H8Cl3N3O2S. The monoisotopic (exact) mass is 327 g/mol. The summed E-state index contributed by atoms with van der Waals surface area (Å²) in [7, 11) is 1.20. The first-order valence-corrected chi connectivity index (χ1v) is 6.00. The fourth-order valence-corrected chi connectivity index (χ4v) is 1.87. The normalized spacial score (nSPS) is 9.78. The van der Waals surface area contributed by atoms with E-state index in [1.807, 2.05) is 0 Å². The van der Waals surface area contributed by atoms with Gasteiger partial charge in [-0.05, 0) is 18.3 Å². The van der Waals surface area contributed by atoms with E-state index in [-0.39, 0.29) is 31.6 Å². The van der Waals surface area contributed by atoms with Crippen molar-refractivity contribution in [1.29, 1.82) is 0 Å².